The number of benzene rings is 1. The van der Waals surface area contributed by atoms with Gasteiger partial charge in [0.15, 0.2) is 5.82 Å². The fourth-order valence-corrected chi connectivity index (χ4v) is 2.24. The number of hydrogen-bond acceptors (Lipinski definition) is 4. The Hall–Kier alpha value is -1.59. The molecule has 7 heteroatoms. The molecule has 0 bridgehead atoms. The molecule has 5 nitrogen and oxygen atoms in total. The molecular weight excluding hydrogens is 289 g/mol. The van der Waals surface area contributed by atoms with Crippen LogP contribution < -0.4 is 4.90 Å². The van der Waals surface area contributed by atoms with Crippen LogP contribution in [0, 0.1) is 6.92 Å². The summed E-state index contributed by atoms with van der Waals surface area (Å²) in [6.45, 7) is 3.25. The Morgan fingerprint density at radius 1 is 1.37 bits per heavy atom. The Balaban J connectivity index is 2.38. The Morgan fingerprint density at radius 3 is 2.47 bits per heavy atom. The fraction of sp³-hybridized carbons (Fsp3) is 0.250. The van der Waals surface area contributed by atoms with Crippen molar-refractivity contribution in [1.82, 2.24) is 10.1 Å². The molecule has 1 aromatic heterocycles. The molecule has 0 atom stereocenters. The third kappa shape index (κ3) is 3.05. The number of rotatable bonds is 3. The maximum Gasteiger partial charge on any atom is 0.224 e. The van der Waals surface area contributed by atoms with Gasteiger partial charge in [-0.1, -0.05) is 34.4 Å². The number of hydrogen-bond donors (Lipinski definition) is 0. The van der Waals surface area contributed by atoms with Crippen molar-refractivity contribution in [3.05, 3.63) is 40.0 Å². The van der Waals surface area contributed by atoms with Gasteiger partial charge in [0.25, 0.3) is 0 Å². The molecule has 0 fully saturated rings. The number of amides is 1. The van der Waals surface area contributed by atoms with E-state index in [9.17, 15) is 4.79 Å². The van der Waals surface area contributed by atoms with Crippen LogP contribution in [0.3, 0.4) is 0 Å². The zero-order valence-electron chi connectivity index (χ0n) is 10.4. The van der Waals surface area contributed by atoms with Crippen LogP contribution in [0.1, 0.15) is 18.6 Å². The van der Waals surface area contributed by atoms with Crippen LogP contribution in [0.4, 0.5) is 5.69 Å². The van der Waals surface area contributed by atoms with Gasteiger partial charge in [0, 0.05) is 13.8 Å². The lowest BCUT2D eigenvalue weighted by Gasteiger charge is -2.21. The van der Waals surface area contributed by atoms with Crippen molar-refractivity contribution in [3.63, 3.8) is 0 Å². The summed E-state index contributed by atoms with van der Waals surface area (Å²) in [6.07, 6.45) is 0. The van der Waals surface area contributed by atoms with Gasteiger partial charge in [0.05, 0.1) is 22.3 Å². The first-order valence-corrected chi connectivity index (χ1v) is 6.26. The van der Waals surface area contributed by atoms with Crippen LogP contribution in [0.5, 0.6) is 0 Å². The van der Waals surface area contributed by atoms with Crippen molar-refractivity contribution in [2.24, 2.45) is 0 Å². The lowest BCUT2D eigenvalue weighted by molar-refractivity contribution is -0.116. The third-order valence-electron chi connectivity index (χ3n) is 2.46. The summed E-state index contributed by atoms with van der Waals surface area (Å²) in [5, 5.41) is 4.54. The van der Waals surface area contributed by atoms with E-state index in [0.717, 1.165) is 0 Å². The molecule has 0 aliphatic carbocycles. The van der Waals surface area contributed by atoms with Gasteiger partial charge in [-0.05, 0) is 12.1 Å². The number of nitrogens with zero attached hydrogens (tertiary/aromatic N) is 3. The van der Waals surface area contributed by atoms with Crippen LogP contribution >= 0.6 is 23.2 Å². The minimum atomic E-state index is -0.211. The quantitative estimate of drug-likeness (QED) is 0.873. The predicted molar refractivity (Wildman–Crippen MR) is 72.4 cm³/mol. The maximum absolute atomic E-state index is 11.8. The lowest BCUT2D eigenvalue weighted by atomic mass is 10.2. The van der Waals surface area contributed by atoms with E-state index in [4.69, 9.17) is 27.7 Å². The first-order chi connectivity index (χ1) is 8.99. The smallest absolute Gasteiger partial charge is 0.224 e. The van der Waals surface area contributed by atoms with Gasteiger partial charge in [0.2, 0.25) is 11.8 Å². The second-order valence-corrected chi connectivity index (χ2v) is 4.72. The summed E-state index contributed by atoms with van der Waals surface area (Å²) in [7, 11) is 0. The Morgan fingerprint density at radius 2 is 2.00 bits per heavy atom. The number of halogens is 2. The summed E-state index contributed by atoms with van der Waals surface area (Å²) in [6, 6.07) is 5.05. The average molecular weight is 300 g/mol. The zero-order valence-corrected chi connectivity index (χ0v) is 11.9. The molecule has 19 heavy (non-hydrogen) atoms. The molecule has 0 saturated carbocycles. The first-order valence-electron chi connectivity index (χ1n) is 5.50. The number of para-hydroxylation sites is 1. The van der Waals surface area contributed by atoms with Crippen LogP contribution in [0.2, 0.25) is 10.0 Å². The van der Waals surface area contributed by atoms with Crippen molar-refractivity contribution in [1.29, 1.82) is 0 Å². The number of aromatic nitrogens is 2. The first kappa shape index (κ1) is 13.8. The Bertz CT molecular complexity index is 593. The third-order valence-corrected chi connectivity index (χ3v) is 3.07. The molecule has 0 saturated heterocycles. The number of carbonyl (C=O) groups is 1. The van der Waals surface area contributed by atoms with Crippen LogP contribution in [0.15, 0.2) is 22.7 Å². The molecule has 0 N–H and O–H groups in total. The van der Waals surface area contributed by atoms with Gasteiger partial charge in [-0.15, -0.1) is 0 Å². The molecule has 0 unspecified atom stereocenters. The van der Waals surface area contributed by atoms with Gasteiger partial charge >= 0.3 is 0 Å². The van der Waals surface area contributed by atoms with Gasteiger partial charge in [-0.25, -0.2) is 0 Å². The van der Waals surface area contributed by atoms with Gasteiger partial charge in [0.1, 0.15) is 0 Å². The van der Waals surface area contributed by atoms with E-state index in [1.807, 2.05) is 0 Å². The van der Waals surface area contributed by atoms with Gasteiger partial charge in [-0.2, -0.15) is 4.98 Å². The molecule has 0 radical (unpaired) electrons. The Kier molecular flexibility index (Phi) is 4.07. The predicted octanol–water partition coefficient (Wildman–Crippen LogP) is 3.24. The average Bonchev–Trinajstić information content (AvgIpc) is 2.73. The summed E-state index contributed by atoms with van der Waals surface area (Å²) < 4.78 is 4.88. The molecule has 1 heterocycles. The van der Waals surface area contributed by atoms with Gasteiger partial charge < -0.3 is 9.42 Å². The highest BCUT2D eigenvalue weighted by atomic mass is 35.5. The second-order valence-electron chi connectivity index (χ2n) is 3.91. The number of carbonyl (C=O) groups excluding carboxylic acids is 1. The largest absolute Gasteiger partial charge is 0.340 e. The van der Waals surface area contributed by atoms with E-state index < -0.39 is 0 Å². The maximum atomic E-state index is 11.8. The summed E-state index contributed by atoms with van der Waals surface area (Å²) in [4.78, 5) is 17.3. The van der Waals surface area contributed by atoms with Gasteiger partial charge in [-0.3, -0.25) is 4.79 Å². The van der Waals surface area contributed by atoms with Crippen molar-refractivity contribution in [2.45, 2.75) is 20.4 Å². The van der Waals surface area contributed by atoms with E-state index >= 15 is 0 Å². The highest BCUT2D eigenvalue weighted by molar-refractivity contribution is 6.39. The molecule has 1 aromatic carbocycles. The summed E-state index contributed by atoms with van der Waals surface area (Å²) in [5.74, 6) is 0.616. The molecular formula is C12H11Cl2N3O2. The highest BCUT2D eigenvalue weighted by Crippen LogP contribution is 2.34. The number of anilines is 1. The SMILES string of the molecule is CC(=O)N(Cc1noc(C)n1)c1c(Cl)cccc1Cl. The standard InChI is InChI=1S/C12H11Cl2N3O2/c1-7-15-11(16-19-7)6-17(8(2)18)12-9(13)4-3-5-10(12)14/h3-5H,6H2,1-2H3. The second kappa shape index (κ2) is 5.59. The lowest BCUT2D eigenvalue weighted by Crippen LogP contribution is -2.29. The molecule has 0 aliphatic heterocycles. The minimum Gasteiger partial charge on any atom is -0.340 e. The van der Waals surface area contributed by atoms with Crippen LogP contribution in [0.25, 0.3) is 0 Å². The molecule has 0 aliphatic rings. The van der Waals surface area contributed by atoms with Crippen molar-refractivity contribution < 1.29 is 9.32 Å². The molecule has 2 aromatic rings. The molecule has 2 rings (SSSR count). The highest BCUT2D eigenvalue weighted by Gasteiger charge is 2.20. The van der Waals surface area contributed by atoms with Crippen molar-refractivity contribution >= 4 is 34.8 Å². The van der Waals surface area contributed by atoms with Crippen LogP contribution in [-0.2, 0) is 11.3 Å². The fourth-order valence-electron chi connectivity index (χ4n) is 1.64. The normalized spacial score (nSPS) is 10.5. The summed E-state index contributed by atoms with van der Waals surface area (Å²) >= 11 is 12.2. The van der Waals surface area contributed by atoms with E-state index in [2.05, 4.69) is 10.1 Å². The molecule has 1 amide bonds. The van der Waals surface area contributed by atoms with Crippen molar-refractivity contribution in [2.75, 3.05) is 4.90 Å². The van der Waals surface area contributed by atoms with E-state index in [0.29, 0.717) is 27.4 Å². The number of aryl methyl sites for hydroxylation is 1. The zero-order chi connectivity index (χ0) is 14.0. The summed E-state index contributed by atoms with van der Waals surface area (Å²) in [5.41, 5.74) is 0.445. The van der Waals surface area contributed by atoms with E-state index in [-0.39, 0.29) is 12.5 Å². The van der Waals surface area contributed by atoms with Crippen molar-refractivity contribution in [3.8, 4) is 0 Å². The van der Waals surface area contributed by atoms with E-state index in [1.165, 1.54) is 11.8 Å². The molecule has 100 valence electrons. The monoisotopic (exact) mass is 299 g/mol. The van der Waals surface area contributed by atoms with E-state index in [1.54, 1.807) is 25.1 Å². The Labute approximate surface area is 120 Å². The molecule has 0 spiro atoms. The minimum absolute atomic E-state index is 0.149. The topological polar surface area (TPSA) is 59.2 Å². The van der Waals surface area contributed by atoms with Crippen LogP contribution in [-0.4, -0.2) is 16.0 Å².